The standard InChI is InChI=1S/C22H25N3/c1-16(2)18-12-6-7-14-20(18)25-22-19(13-8-9-15-23-22)21(24-25)17-10-4-3-5-11-17/h3-7,10-12,14,16,23H,8-9,13,15H2,1-2H3. The maximum atomic E-state index is 5.07. The molecule has 0 radical (unpaired) electrons. The molecule has 0 atom stereocenters. The number of hydrogen-bond donors (Lipinski definition) is 1. The smallest absolute Gasteiger partial charge is 0.133 e. The molecule has 0 bridgehead atoms. The molecule has 2 heterocycles. The number of fused-ring (bicyclic) bond motifs is 1. The van der Waals surface area contributed by atoms with Crippen LogP contribution in [-0.4, -0.2) is 16.3 Å². The van der Waals surface area contributed by atoms with Crippen LogP contribution in [0.4, 0.5) is 5.82 Å². The summed E-state index contributed by atoms with van der Waals surface area (Å²) in [6.45, 7) is 5.50. The number of nitrogens with zero attached hydrogens (tertiary/aromatic N) is 2. The minimum Gasteiger partial charge on any atom is -0.370 e. The van der Waals surface area contributed by atoms with Crippen LogP contribution in [-0.2, 0) is 6.42 Å². The molecule has 1 aliphatic heterocycles. The van der Waals surface area contributed by atoms with Gasteiger partial charge in [0, 0.05) is 17.7 Å². The molecule has 4 rings (SSSR count). The highest BCUT2D eigenvalue weighted by Crippen LogP contribution is 2.35. The summed E-state index contributed by atoms with van der Waals surface area (Å²) >= 11 is 0. The highest BCUT2D eigenvalue weighted by Gasteiger charge is 2.22. The summed E-state index contributed by atoms with van der Waals surface area (Å²) in [6, 6.07) is 19.2. The Morgan fingerprint density at radius 2 is 1.72 bits per heavy atom. The molecule has 0 unspecified atom stereocenters. The Morgan fingerprint density at radius 3 is 2.52 bits per heavy atom. The van der Waals surface area contributed by atoms with Crippen molar-refractivity contribution in [1.29, 1.82) is 0 Å². The van der Waals surface area contributed by atoms with Gasteiger partial charge in [0.15, 0.2) is 0 Å². The van der Waals surface area contributed by atoms with E-state index in [2.05, 4.69) is 78.4 Å². The molecular weight excluding hydrogens is 306 g/mol. The van der Waals surface area contributed by atoms with Crippen molar-refractivity contribution in [3.8, 4) is 16.9 Å². The zero-order valence-corrected chi connectivity index (χ0v) is 15.0. The van der Waals surface area contributed by atoms with Crippen LogP contribution >= 0.6 is 0 Å². The molecule has 1 aliphatic rings. The Labute approximate surface area is 149 Å². The number of hydrogen-bond acceptors (Lipinski definition) is 2. The molecule has 128 valence electrons. The molecule has 1 N–H and O–H groups in total. The fourth-order valence-corrected chi connectivity index (χ4v) is 3.67. The maximum absolute atomic E-state index is 5.07. The molecule has 0 saturated heterocycles. The predicted octanol–water partition coefficient (Wildman–Crippen LogP) is 5.41. The van der Waals surface area contributed by atoms with Gasteiger partial charge in [-0.2, -0.15) is 5.10 Å². The third-order valence-electron chi connectivity index (χ3n) is 4.96. The molecule has 3 nitrogen and oxygen atoms in total. The largest absolute Gasteiger partial charge is 0.370 e. The van der Waals surface area contributed by atoms with Gasteiger partial charge in [-0.3, -0.25) is 0 Å². The topological polar surface area (TPSA) is 29.9 Å². The zero-order valence-electron chi connectivity index (χ0n) is 15.0. The molecular formula is C22H25N3. The minimum atomic E-state index is 0.460. The van der Waals surface area contributed by atoms with Crippen molar-refractivity contribution in [3.05, 3.63) is 65.7 Å². The second-order valence-electron chi connectivity index (χ2n) is 7.05. The van der Waals surface area contributed by atoms with Crippen molar-refractivity contribution in [1.82, 2.24) is 9.78 Å². The van der Waals surface area contributed by atoms with Crippen molar-refractivity contribution < 1.29 is 0 Å². The lowest BCUT2D eigenvalue weighted by Gasteiger charge is -2.15. The summed E-state index contributed by atoms with van der Waals surface area (Å²) in [4.78, 5) is 0. The van der Waals surface area contributed by atoms with Crippen molar-refractivity contribution >= 4 is 5.82 Å². The van der Waals surface area contributed by atoms with Crippen LogP contribution in [0.3, 0.4) is 0 Å². The Morgan fingerprint density at radius 1 is 0.960 bits per heavy atom. The Kier molecular flexibility index (Phi) is 4.31. The summed E-state index contributed by atoms with van der Waals surface area (Å²) in [7, 11) is 0. The number of para-hydroxylation sites is 1. The normalized spacial score (nSPS) is 14.0. The van der Waals surface area contributed by atoms with Crippen LogP contribution in [0.15, 0.2) is 54.6 Å². The Balaban J connectivity index is 1.94. The van der Waals surface area contributed by atoms with Gasteiger partial charge in [-0.15, -0.1) is 0 Å². The highest BCUT2D eigenvalue weighted by atomic mass is 15.3. The van der Waals surface area contributed by atoms with Crippen molar-refractivity contribution in [2.75, 3.05) is 11.9 Å². The van der Waals surface area contributed by atoms with Crippen LogP contribution in [0, 0.1) is 0 Å². The van der Waals surface area contributed by atoms with E-state index >= 15 is 0 Å². The molecule has 3 aromatic rings. The first-order valence-electron chi connectivity index (χ1n) is 9.26. The lowest BCUT2D eigenvalue weighted by molar-refractivity contribution is 0.776. The third kappa shape index (κ3) is 2.95. The zero-order chi connectivity index (χ0) is 17.2. The number of anilines is 1. The lowest BCUT2D eigenvalue weighted by Crippen LogP contribution is -2.09. The van der Waals surface area contributed by atoms with Crippen molar-refractivity contribution in [2.24, 2.45) is 0 Å². The van der Waals surface area contributed by atoms with Crippen molar-refractivity contribution in [2.45, 2.75) is 39.0 Å². The maximum Gasteiger partial charge on any atom is 0.133 e. The van der Waals surface area contributed by atoms with Crippen molar-refractivity contribution in [3.63, 3.8) is 0 Å². The average Bonchev–Trinajstić information content (AvgIpc) is 2.83. The molecule has 25 heavy (non-hydrogen) atoms. The second-order valence-corrected chi connectivity index (χ2v) is 7.05. The van der Waals surface area contributed by atoms with E-state index in [-0.39, 0.29) is 0 Å². The van der Waals surface area contributed by atoms with Gasteiger partial charge in [0.1, 0.15) is 5.82 Å². The van der Waals surface area contributed by atoms with E-state index in [1.54, 1.807) is 0 Å². The monoisotopic (exact) mass is 331 g/mol. The fourth-order valence-electron chi connectivity index (χ4n) is 3.67. The van der Waals surface area contributed by atoms with Gasteiger partial charge in [-0.05, 0) is 36.8 Å². The highest BCUT2D eigenvalue weighted by molar-refractivity contribution is 5.71. The Hall–Kier alpha value is -2.55. The van der Waals surface area contributed by atoms with E-state index in [0.29, 0.717) is 5.92 Å². The van der Waals surface area contributed by atoms with Crippen LogP contribution in [0.2, 0.25) is 0 Å². The van der Waals surface area contributed by atoms with Gasteiger partial charge >= 0.3 is 0 Å². The van der Waals surface area contributed by atoms with Gasteiger partial charge < -0.3 is 5.32 Å². The van der Waals surface area contributed by atoms with Crippen LogP contribution in [0.25, 0.3) is 16.9 Å². The number of rotatable bonds is 3. The summed E-state index contributed by atoms with van der Waals surface area (Å²) in [5, 5.41) is 8.72. The van der Waals surface area contributed by atoms with E-state index in [9.17, 15) is 0 Å². The van der Waals surface area contributed by atoms with Gasteiger partial charge in [0.25, 0.3) is 0 Å². The van der Waals surface area contributed by atoms with E-state index in [4.69, 9.17) is 5.10 Å². The number of benzene rings is 2. The van der Waals surface area contributed by atoms with Gasteiger partial charge in [0.2, 0.25) is 0 Å². The molecule has 0 aliphatic carbocycles. The fraction of sp³-hybridized carbons (Fsp3) is 0.318. The SMILES string of the molecule is CC(C)c1ccccc1-n1nc(-c2ccccc2)c2c1NCCCC2. The van der Waals surface area contributed by atoms with Crippen LogP contribution in [0.1, 0.15) is 43.7 Å². The summed E-state index contributed by atoms with van der Waals surface area (Å²) in [6.07, 6.45) is 3.49. The molecule has 0 saturated carbocycles. The van der Waals surface area contributed by atoms with Gasteiger partial charge in [-0.1, -0.05) is 62.4 Å². The Bertz CT molecular complexity index is 862. The number of nitrogens with one attached hydrogen (secondary N) is 1. The molecule has 1 aromatic heterocycles. The van der Waals surface area contributed by atoms with Gasteiger partial charge in [0.05, 0.1) is 11.4 Å². The van der Waals surface area contributed by atoms with Gasteiger partial charge in [-0.25, -0.2) is 4.68 Å². The molecule has 0 fully saturated rings. The lowest BCUT2D eigenvalue weighted by atomic mass is 10.0. The third-order valence-corrected chi connectivity index (χ3v) is 4.96. The molecule has 0 amide bonds. The minimum absolute atomic E-state index is 0.460. The van der Waals surface area contributed by atoms with E-state index < -0.39 is 0 Å². The van der Waals surface area contributed by atoms with Crippen LogP contribution < -0.4 is 5.32 Å². The first kappa shape index (κ1) is 15.9. The summed E-state index contributed by atoms with van der Waals surface area (Å²) in [5.41, 5.74) is 6.18. The predicted molar refractivity (Wildman–Crippen MR) is 105 cm³/mol. The first-order valence-corrected chi connectivity index (χ1v) is 9.26. The summed E-state index contributed by atoms with van der Waals surface area (Å²) < 4.78 is 2.14. The van der Waals surface area contributed by atoms with E-state index in [1.165, 1.54) is 41.0 Å². The number of aromatic nitrogens is 2. The average molecular weight is 331 g/mol. The van der Waals surface area contributed by atoms with E-state index in [1.807, 2.05) is 0 Å². The quantitative estimate of drug-likeness (QED) is 0.695. The summed E-state index contributed by atoms with van der Waals surface area (Å²) in [5.74, 6) is 1.63. The molecule has 2 aromatic carbocycles. The second kappa shape index (κ2) is 6.75. The van der Waals surface area contributed by atoms with Crippen LogP contribution in [0.5, 0.6) is 0 Å². The first-order chi connectivity index (χ1) is 12.3. The molecule has 0 spiro atoms. The van der Waals surface area contributed by atoms with E-state index in [0.717, 1.165) is 18.7 Å². The molecule has 3 heteroatoms.